The Morgan fingerprint density at radius 3 is 2.74 bits per heavy atom. The van der Waals surface area contributed by atoms with Gasteiger partial charge in [0.05, 0.1) is 5.92 Å². The van der Waals surface area contributed by atoms with Crippen molar-refractivity contribution in [1.29, 1.82) is 0 Å². The Kier molecular flexibility index (Phi) is 4.68. The second-order valence-electron chi connectivity index (χ2n) is 6.66. The Morgan fingerprint density at radius 1 is 1.43 bits per heavy atom. The van der Waals surface area contributed by atoms with Gasteiger partial charge in [-0.05, 0) is 32.4 Å². The van der Waals surface area contributed by atoms with Crippen molar-refractivity contribution >= 4 is 12.4 Å². The molecular formula is C16H20F2N2O3. The molecule has 1 amide bonds. The zero-order chi connectivity index (χ0) is 17.3. The molecule has 0 radical (unpaired) electrons. The van der Waals surface area contributed by atoms with Gasteiger partial charge in [-0.1, -0.05) is 0 Å². The number of halogens is 2. The molecule has 7 heteroatoms. The number of carbonyl (C=O) groups is 2. The standard InChI is InChI=1S/C16H20F2N2O3/c1-15(2,3)23-14(22)20-5-4-16(17,18)13(9-20)12-6-11(10-21)7-19-8-12/h6-8,10,13H,4-5,9H2,1-3H3/t13-/m1/s1. The van der Waals surface area contributed by atoms with Crippen molar-refractivity contribution in [3.05, 3.63) is 29.6 Å². The largest absolute Gasteiger partial charge is 0.444 e. The van der Waals surface area contributed by atoms with E-state index in [1.54, 1.807) is 20.8 Å². The summed E-state index contributed by atoms with van der Waals surface area (Å²) in [4.78, 5) is 28.0. The van der Waals surface area contributed by atoms with Crippen molar-refractivity contribution in [3.8, 4) is 0 Å². The molecule has 0 bridgehead atoms. The van der Waals surface area contributed by atoms with Crippen molar-refractivity contribution in [2.45, 2.75) is 44.6 Å². The third-order valence-corrected chi connectivity index (χ3v) is 3.60. The van der Waals surface area contributed by atoms with Gasteiger partial charge in [0.1, 0.15) is 5.60 Å². The topological polar surface area (TPSA) is 59.5 Å². The average molecular weight is 326 g/mol. The Hall–Kier alpha value is -2.05. The van der Waals surface area contributed by atoms with Gasteiger partial charge in [0.15, 0.2) is 6.29 Å². The number of hydrogen-bond donors (Lipinski definition) is 0. The summed E-state index contributed by atoms with van der Waals surface area (Å²) >= 11 is 0. The lowest BCUT2D eigenvalue weighted by atomic mass is 9.87. The molecule has 23 heavy (non-hydrogen) atoms. The Balaban J connectivity index is 2.22. The second kappa shape index (κ2) is 6.22. The third-order valence-electron chi connectivity index (χ3n) is 3.60. The van der Waals surface area contributed by atoms with E-state index in [1.807, 2.05) is 0 Å². The lowest BCUT2D eigenvalue weighted by molar-refractivity contribution is -0.0771. The predicted octanol–water partition coefficient (Wildman–Crippen LogP) is 3.25. The molecule has 2 rings (SSSR count). The van der Waals surface area contributed by atoms with Crippen LogP contribution in [0, 0.1) is 0 Å². The molecule has 0 spiro atoms. The van der Waals surface area contributed by atoms with Crippen molar-refractivity contribution in [1.82, 2.24) is 9.88 Å². The molecule has 0 unspecified atom stereocenters. The number of pyridine rings is 1. The second-order valence-corrected chi connectivity index (χ2v) is 6.66. The number of nitrogens with zero attached hydrogens (tertiary/aromatic N) is 2. The highest BCUT2D eigenvalue weighted by Gasteiger charge is 2.46. The maximum absolute atomic E-state index is 14.3. The summed E-state index contributed by atoms with van der Waals surface area (Å²) in [7, 11) is 0. The van der Waals surface area contributed by atoms with E-state index in [4.69, 9.17) is 4.74 Å². The maximum atomic E-state index is 14.3. The smallest absolute Gasteiger partial charge is 0.410 e. The molecule has 1 aromatic heterocycles. The van der Waals surface area contributed by atoms with Crippen LogP contribution in [0.3, 0.4) is 0 Å². The van der Waals surface area contributed by atoms with Crippen LogP contribution < -0.4 is 0 Å². The summed E-state index contributed by atoms with van der Waals surface area (Å²) in [5, 5.41) is 0. The lowest BCUT2D eigenvalue weighted by Crippen LogP contribution is -2.49. The van der Waals surface area contributed by atoms with Gasteiger partial charge in [0.2, 0.25) is 0 Å². The maximum Gasteiger partial charge on any atom is 0.410 e. The van der Waals surface area contributed by atoms with Crippen LogP contribution in [-0.4, -0.2) is 46.9 Å². The fourth-order valence-electron chi connectivity index (χ4n) is 2.48. The van der Waals surface area contributed by atoms with E-state index in [1.165, 1.54) is 23.4 Å². The molecular weight excluding hydrogens is 306 g/mol. The van der Waals surface area contributed by atoms with Gasteiger partial charge < -0.3 is 9.64 Å². The quantitative estimate of drug-likeness (QED) is 0.783. The zero-order valence-corrected chi connectivity index (χ0v) is 13.4. The van der Waals surface area contributed by atoms with Gasteiger partial charge in [-0.25, -0.2) is 13.6 Å². The highest BCUT2D eigenvalue weighted by Crippen LogP contribution is 2.40. The molecule has 5 nitrogen and oxygen atoms in total. The monoisotopic (exact) mass is 326 g/mol. The molecule has 1 aliphatic rings. The summed E-state index contributed by atoms with van der Waals surface area (Å²) in [6.07, 6.45) is 2.11. The number of ether oxygens (including phenoxy) is 1. The first kappa shape index (κ1) is 17.3. The Morgan fingerprint density at radius 2 is 2.13 bits per heavy atom. The van der Waals surface area contributed by atoms with E-state index >= 15 is 0 Å². The van der Waals surface area contributed by atoms with Crippen LogP contribution >= 0.6 is 0 Å². The van der Waals surface area contributed by atoms with E-state index in [-0.39, 0.29) is 24.2 Å². The number of rotatable bonds is 2. The molecule has 0 N–H and O–H groups in total. The first-order valence-electron chi connectivity index (χ1n) is 7.38. The van der Waals surface area contributed by atoms with E-state index in [0.717, 1.165) is 0 Å². The fraction of sp³-hybridized carbons (Fsp3) is 0.562. The summed E-state index contributed by atoms with van der Waals surface area (Å²) in [6.45, 7) is 4.92. The number of aromatic nitrogens is 1. The zero-order valence-electron chi connectivity index (χ0n) is 13.4. The summed E-state index contributed by atoms with van der Waals surface area (Å²) in [5.41, 5.74) is -0.216. The van der Waals surface area contributed by atoms with E-state index in [9.17, 15) is 18.4 Å². The molecule has 1 aromatic rings. The lowest BCUT2D eigenvalue weighted by Gasteiger charge is -2.38. The van der Waals surface area contributed by atoms with Crippen molar-refractivity contribution in [2.75, 3.05) is 13.1 Å². The van der Waals surface area contributed by atoms with Crippen LogP contribution in [0.4, 0.5) is 13.6 Å². The van der Waals surface area contributed by atoms with Gasteiger partial charge in [-0.3, -0.25) is 9.78 Å². The number of amides is 1. The van der Waals surface area contributed by atoms with Crippen LogP contribution in [0.15, 0.2) is 18.5 Å². The first-order chi connectivity index (χ1) is 10.6. The summed E-state index contributed by atoms with van der Waals surface area (Å²) in [6, 6.07) is 1.39. The molecule has 126 valence electrons. The van der Waals surface area contributed by atoms with Gasteiger partial charge in [-0.2, -0.15) is 0 Å². The highest BCUT2D eigenvalue weighted by atomic mass is 19.3. The molecule has 1 saturated heterocycles. The van der Waals surface area contributed by atoms with Gasteiger partial charge in [-0.15, -0.1) is 0 Å². The van der Waals surface area contributed by atoms with E-state index < -0.39 is 30.0 Å². The average Bonchev–Trinajstić information content (AvgIpc) is 2.45. The summed E-state index contributed by atoms with van der Waals surface area (Å²) in [5.74, 6) is -4.18. The number of likely N-dealkylation sites (tertiary alicyclic amines) is 1. The fourth-order valence-corrected chi connectivity index (χ4v) is 2.48. The molecule has 1 atom stereocenters. The van der Waals surface area contributed by atoms with Gasteiger partial charge in [0.25, 0.3) is 5.92 Å². The van der Waals surface area contributed by atoms with Crippen molar-refractivity contribution in [3.63, 3.8) is 0 Å². The van der Waals surface area contributed by atoms with Gasteiger partial charge >= 0.3 is 6.09 Å². The molecule has 2 heterocycles. The van der Waals surface area contributed by atoms with Crippen molar-refractivity contribution < 1.29 is 23.1 Å². The minimum absolute atomic E-state index is 0.0702. The van der Waals surface area contributed by atoms with Crippen LogP contribution in [0.1, 0.15) is 49.0 Å². The minimum atomic E-state index is -2.97. The first-order valence-corrected chi connectivity index (χ1v) is 7.38. The number of alkyl halides is 2. The van der Waals surface area contributed by atoms with Crippen LogP contribution in [0.5, 0.6) is 0 Å². The SMILES string of the molecule is CC(C)(C)OC(=O)N1CCC(F)(F)[C@@H](c2cncc(C=O)c2)C1. The Bertz CT molecular complexity index is 599. The molecule has 0 aromatic carbocycles. The van der Waals surface area contributed by atoms with E-state index in [2.05, 4.69) is 4.98 Å². The molecule has 0 saturated carbocycles. The normalized spacial score (nSPS) is 20.9. The van der Waals surface area contributed by atoms with E-state index in [0.29, 0.717) is 6.29 Å². The van der Waals surface area contributed by atoms with Crippen LogP contribution in [0.25, 0.3) is 0 Å². The predicted molar refractivity (Wildman–Crippen MR) is 79.7 cm³/mol. The highest BCUT2D eigenvalue weighted by molar-refractivity contribution is 5.74. The van der Waals surface area contributed by atoms with Crippen LogP contribution in [-0.2, 0) is 4.74 Å². The molecule has 0 aliphatic carbocycles. The van der Waals surface area contributed by atoms with Crippen molar-refractivity contribution in [2.24, 2.45) is 0 Å². The molecule has 1 aliphatic heterocycles. The summed E-state index contributed by atoms with van der Waals surface area (Å²) < 4.78 is 33.8. The molecule has 1 fully saturated rings. The number of piperidine rings is 1. The number of hydrogen-bond acceptors (Lipinski definition) is 4. The van der Waals surface area contributed by atoms with Crippen LogP contribution in [0.2, 0.25) is 0 Å². The third kappa shape index (κ3) is 4.24. The number of aldehydes is 1. The Labute approximate surface area is 133 Å². The number of carbonyl (C=O) groups excluding carboxylic acids is 2. The van der Waals surface area contributed by atoms with Gasteiger partial charge in [0, 0.05) is 37.5 Å². The minimum Gasteiger partial charge on any atom is -0.444 e.